The largest absolute Gasteiger partial charge is 0.444 e. The number of carbonyl (C=O) groups is 5. The van der Waals surface area contributed by atoms with Crippen molar-refractivity contribution in [1.29, 1.82) is 0 Å². The Hall–Kier alpha value is -3.63. The number of alkyl carbamates (subject to hydrolysis) is 1. The molecule has 0 aromatic heterocycles. The lowest BCUT2D eigenvalue weighted by Crippen LogP contribution is -2.57. The molecule has 5 amide bonds. The van der Waals surface area contributed by atoms with Gasteiger partial charge in [0, 0.05) is 13.0 Å². The fourth-order valence-corrected chi connectivity index (χ4v) is 4.27. The number of nitrogens with zero attached hydrogens (tertiary/aromatic N) is 1. The Labute approximate surface area is 224 Å². The van der Waals surface area contributed by atoms with Gasteiger partial charge >= 0.3 is 6.09 Å². The molecule has 0 radical (unpaired) electrons. The van der Waals surface area contributed by atoms with Gasteiger partial charge in [-0.05, 0) is 51.5 Å². The molecule has 1 fully saturated rings. The summed E-state index contributed by atoms with van der Waals surface area (Å²) in [6.45, 7) is 9.00. The van der Waals surface area contributed by atoms with Crippen LogP contribution in [0.2, 0.25) is 0 Å². The zero-order valence-electron chi connectivity index (χ0n) is 22.9. The number of amides is 5. The molecule has 1 aliphatic rings. The van der Waals surface area contributed by atoms with E-state index >= 15 is 0 Å². The average molecular weight is 532 g/mol. The van der Waals surface area contributed by atoms with Crippen LogP contribution in [0.15, 0.2) is 30.3 Å². The Morgan fingerprint density at radius 3 is 2.29 bits per heavy atom. The molecule has 1 saturated heterocycles. The van der Waals surface area contributed by atoms with Gasteiger partial charge in [-0.15, -0.1) is 0 Å². The van der Waals surface area contributed by atoms with E-state index in [4.69, 9.17) is 10.5 Å². The van der Waals surface area contributed by atoms with Crippen LogP contribution in [0.4, 0.5) is 4.79 Å². The smallest absolute Gasteiger partial charge is 0.408 e. The van der Waals surface area contributed by atoms with Crippen molar-refractivity contribution in [2.45, 2.75) is 84.0 Å². The van der Waals surface area contributed by atoms with Crippen molar-refractivity contribution in [3.05, 3.63) is 35.9 Å². The molecule has 0 spiro atoms. The van der Waals surface area contributed by atoms with Crippen molar-refractivity contribution in [3.63, 3.8) is 0 Å². The van der Waals surface area contributed by atoms with Gasteiger partial charge in [0.15, 0.2) is 0 Å². The highest BCUT2D eigenvalue weighted by atomic mass is 16.6. The minimum absolute atomic E-state index is 0.0780. The van der Waals surface area contributed by atoms with E-state index in [1.54, 1.807) is 20.8 Å². The van der Waals surface area contributed by atoms with Gasteiger partial charge in [-0.2, -0.15) is 0 Å². The third kappa shape index (κ3) is 10.0. The molecule has 0 unspecified atom stereocenters. The summed E-state index contributed by atoms with van der Waals surface area (Å²) in [6, 6.07) is 6.60. The third-order valence-corrected chi connectivity index (χ3v) is 5.89. The van der Waals surface area contributed by atoms with Gasteiger partial charge < -0.3 is 31.3 Å². The van der Waals surface area contributed by atoms with Gasteiger partial charge in [-0.1, -0.05) is 44.2 Å². The maximum absolute atomic E-state index is 13.7. The predicted octanol–water partition coefficient (Wildman–Crippen LogP) is 1.25. The standard InChI is InChI=1S/C27H41N5O6/c1-17(2)14-19(23(34)29-16-22(28)33)30-24(35)21-12-9-13-32(21)25(36)20(15-18-10-7-6-8-11-18)31-26(37)38-27(3,4)5/h6-8,10-11,17,19-21H,9,12-16H2,1-5H3,(H2,28,33)(H,29,34)(H,30,35)(H,31,37)/t19-,20-,21-/m0/s1. The second kappa shape index (κ2) is 13.8. The van der Waals surface area contributed by atoms with Gasteiger partial charge in [0.2, 0.25) is 23.6 Å². The van der Waals surface area contributed by atoms with E-state index in [1.165, 1.54) is 4.90 Å². The van der Waals surface area contributed by atoms with Crippen LogP contribution in [0.5, 0.6) is 0 Å². The molecule has 3 atom stereocenters. The summed E-state index contributed by atoms with van der Waals surface area (Å²) in [7, 11) is 0. The molecule has 11 nitrogen and oxygen atoms in total. The highest BCUT2D eigenvalue weighted by Gasteiger charge is 2.39. The van der Waals surface area contributed by atoms with E-state index < -0.39 is 53.4 Å². The molecule has 11 heteroatoms. The van der Waals surface area contributed by atoms with Gasteiger partial charge in [0.25, 0.3) is 0 Å². The van der Waals surface area contributed by atoms with Crippen LogP contribution >= 0.6 is 0 Å². The highest BCUT2D eigenvalue weighted by Crippen LogP contribution is 2.21. The molecule has 0 bridgehead atoms. The van der Waals surface area contributed by atoms with Crippen LogP contribution < -0.4 is 21.7 Å². The molecular weight excluding hydrogens is 490 g/mol. The SMILES string of the molecule is CC(C)C[C@H](NC(=O)[C@@H]1CCCN1C(=O)[C@H](Cc1ccccc1)NC(=O)OC(C)(C)C)C(=O)NCC(N)=O. The van der Waals surface area contributed by atoms with Crippen LogP contribution in [-0.2, 0) is 30.3 Å². The summed E-state index contributed by atoms with van der Waals surface area (Å²) in [5, 5.41) is 7.86. The lowest BCUT2D eigenvalue weighted by Gasteiger charge is -2.30. The number of benzene rings is 1. The minimum atomic E-state index is -0.953. The summed E-state index contributed by atoms with van der Waals surface area (Å²) in [4.78, 5) is 64.7. The topological polar surface area (TPSA) is 160 Å². The van der Waals surface area contributed by atoms with E-state index in [0.29, 0.717) is 25.8 Å². The van der Waals surface area contributed by atoms with Crippen LogP contribution in [0.25, 0.3) is 0 Å². The Morgan fingerprint density at radius 1 is 1.05 bits per heavy atom. The molecule has 2 rings (SSSR count). The first-order valence-electron chi connectivity index (χ1n) is 13.0. The Bertz CT molecular complexity index is 991. The van der Waals surface area contributed by atoms with E-state index in [0.717, 1.165) is 5.56 Å². The van der Waals surface area contributed by atoms with Crippen molar-refractivity contribution >= 4 is 29.7 Å². The number of likely N-dealkylation sites (tertiary alicyclic amines) is 1. The maximum Gasteiger partial charge on any atom is 0.408 e. The van der Waals surface area contributed by atoms with Gasteiger partial charge in [-0.25, -0.2) is 4.79 Å². The number of nitrogens with one attached hydrogen (secondary N) is 3. The first-order chi connectivity index (χ1) is 17.8. The first-order valence-corrected chi connectivity index (χ1v) is 13.0. The summed E-state index contributed by atoms with van der Waals surface area (Å²) < 4.78 is 5.37. The van der Waals surface area contributed by atoms with Crippen LogP contribution in [0, 0.1) is 5.92 Å². The Balaban J connectivity index is 2.20. The van der Waals surface area contributed by atoms with Crippen LogP contribution in [0.1, 0.15) is 59.4 Å². The zero-order valence-corrected chi connectivity index (χ0v) is 22.9. The molecule has 1 heterocycles. The lowest BCUT2D eigenvalue weighted by atomic mass is 10.0. The van der Waals surface area contributed by atoms with Crippen molar-refractivity contribution in [1.82, 2.24) is 20.9 Å². The van der Waals surface area contributed by atoms with Gasteiger partial charge in [-0.3, -0.25) is 19.2 Å². The number of rotatable bonds is 11. The Morgan fingerprint density at radius 2 is 1.71 bits per heavy atom. The number of hydrogen-bond donors (Lipinski definition) is 4. The second-order valence-corrected chi connectivity index (χ2v) is 11.0. The lowest BCUT2D eigenvalue weighted by molar-refractivity contribution is -0.141. The van der Waals surface area contributed by atoms with E-state index in [2.05, 4.69) is 16.0 Å². The number of ether oxygens (including phenoxy) is 1. The summed E-state index contributed by atoms with van der Waals surface area (Å²) in [5.74, 6) is -2.01. The fraction of sp³-hybridized carbons (Fsp3) is 0.593. The van der Waals surface area contributed by atoms with Crippen LogP contribution in [-0.4, -0.2) is 71.4 Å². The normalized spacial score (nSPS) is 16.9. The van der Waals surface area contributed by atoms with Gasteiger partial charge in [0.05, 0.1) is 6.54 Å². The molecule has 1 aromatic rings. The summed E-state index contributed by atoms with van der Waals surface area (Å²) >= 11 is 0. The molecule has 1 aromatic carbocycles. The molecule has 210 valence electrons. The number of primary amides is 1. The third-order valence-electron chi connectivity index (χ3n) is 5.89. The molecule has 38 heavy (non-hydrogen) atoms. The van der Waals surface area contributed by atoms with Crippen molar-refractivity contribution in [3.8, 4) is 0 Å². The van der Waals surface area contributed by atoms with E-state index in [1.807, 2.05) is 44.2 Å². The molecular formula is C27H41N5O6. The van der Waals surface area contributed by atoms with Gasteiger partial charge in [0.1, 0.15) is 23.7 Å². The van der Waals surface area contributed by atoms with Crippen LogP contribution in [0.3, 0.4) is 0 Å². The van der Waals surface area contributed by atoms with E-state index in [9.17, 15) is 24.0 Å². The molecule has 0 aliphatic carbocycles. The second-order valence-electron chi connectivity index (χ2n) is 11.0. The van der Waals surface area contributed by atoms with E-state index in [-0.39, 0.29) is 18.9 Å². The van der Waals surface area contributed by atoms with Crippen molar-refractivity contribution < 1.29 is 28.7 Å². The Kier molecular flexibility index (Phi) is 11.1. The summed E-state index contributed by atoms with van der Waals surface area (Å²) in [5.41, 5.74) is 5.21. The molecule has 1 aliphatic heterocycles. The number of carbonyl (C=O) groups excluding carboxylic acids is 5. The first kappa shape index (κ1) is 30.6. The molecule has 5 N–H and O–H groups in total. The zero-order chi connectivity index (χ0) is 28.5. The minimum Gasteiger partial charge on any atom is -0.444 e. The van der Waals surface area contributed by atoms with Crippen molar-refractivity contribution in [2.75, 3.05) is 13.1 Å². The monoisotopic (exact) mass is 531 g/mol. The number of hydrogen-bond acceptors (Lipinski definition) is 6. The highest BCUT2D eigenvalue weighted by molar-refractivity contribution is 5.95. The fourth-order valence-electron chi connectivity index (χ4n) is 4.27. The quantitative estimate of drug-likeness (QED) is 0.336. The predicted molar refractivity (Wildman–Crippen MR) is 142 cm³/mol. The summed E-state index contributed by atoms with van der Waals surface area (Å²) in [6.07, 6.45) is 0.842. The number of nitrogens with two attached hydrogens (primary N) is 1. The average Bonchev–Trinajstić information content (AvgIpc) is 3.30. The maximum atomic E-state index is 13.7. The van der Waals surface area contributed by atoms with Crippen molar-refractivity contribution in [2.24, 2.45) is 11.7 Å². The molecule has 0 saturated carbocycles.